The number of H-pyrrole nitrogens is 1. The largest absolute Gasteiger partial charge is 0.497 e. The minimum atomic E-state index is -0.224. The second kappa shape index (κ2) is 8.53. The van der Waals surface area contributed by atoms with Crippen molar-refractivity contribution in [3.05, 3.63) is 42.5 Å². The van der Waals surface area contributed by atoms with Crippen molar-refractivity contribution >= 4 is 22.8 Å². The van der Waals surface area contributed by atoms with Crippen molar-refractivity contribution < 1.29 is 9.53 Å². The van der Waals surface area contributed by atoms with Crippen LogP contribution in [-0.2, 0) is 0 Å². The maximum absolute atomic E-state index is 12.3. The topological polar surface area (TPSA) is 82.3 Å². The number of methoxy groups -OCH3 is 1. The summed E-state index contributed by atoms with van der Waals surface area (Å²) in [4.78, 5) is 14.6. The van der Waals surface area contributed by atoms with E-state index in [0.717, 1.165) is 40.7 Å². The standard InChI is InChI=1S/C22H27N5O2/c1-27-13-3-4-17(27)11-12-23-22(28)24-21-19-10-7-16(14-20(19)25-26-21)15-5-8-18(29-2)9-6-15/h5-10,14,17H,3-4,11-13H2,1-2H3,(H3,23,24,25,26,28). The number of carbonyl (C=O) groups excluding carboxylic acids is 1. The Labute approximate surface area is 170 Å². The van der Waals surface area contributed by atoms with Crippen molar-refractivity contribution in [1.82, 2.24) is 20.4 Å². The number of rotatable bonds is 6. The summed E-state index contributed by atoms with van der Waals surface area (Å²) in [6.45, 7) is 1.81. The van der Waals surface area contributed by atoms with Crippen LogP contribution in [0.1, 0.15) is 19.3 Å². The molecule has 0 aliphatic carbocycles. The molecule has 7 heteroatoms. The van der Waals surface area contributed by atoms with Crippen LogP contribution in [-0.4, -0.2) is 54.4 Å². The summed E-state index contributed by atoms with van der Waals surface area (Å²) in [6.07, 6.45) is 3.42. The Morgan fingerprint density at radius 1 is 1.24 bits per heavy atom. The van der Waals surface area contributed by atoms with Crippen LogP contribution in [0.25, 0.3) is 22.0 Å². The molecule has 0 radical (unpaired) electrons. The van der Waals surface area contributed by atoms with E-state index in [2.05, 4.69) is 32.8 Å². The molecule has 1 fully saturated rings. The van der Waals surface area contributed by atoms with E-state index in [1.165, 1.54) is 12.8 Å². The van der Waals surface area contributed by atoms with E-state index in [9.17, 15) is 4.79 Å². The predicted molar refractivity (Wildman–Crippen MR) is 115 cm³/mol. The SMILES string of the molecule is COc1ccc(-c2ccc3c(NC(=O)NCCC4CCCN4C)n[nH]c3c2)cc1. The monoisotopic (exact) mass is 393 g/mol. The van der Waals surface area contributed by atoms with E-state index in [0.29, 0.717) is 18.4 Å². The third-order valence-electron chi connectivity index (χ3n) is 5.65. The number of benzene rings is 2. The van der Waals surface area contributed by atoms with Gasteiger partial charge < -0.3 is 15.0 Å². The zero-order valence-electron chi connectivity index (χ0n) is 16.9. The number of ether oxygens (including phenoxy) is 1. The smallest absolute Gasteiger partial charge is 0.320 e. The van der Waals surface area contributed by atoms with Crippen LogP contribution >= 0.6 is 0 Å². The summed E-state index contributed by atoms with van der Waals surface area (Å²) in [5.41, 5.74) is 3.04. The highest BCUT2D eigenvalue weighted by molar-refractivity contribution is 6.00. The molecule has 1 saturated heterocycles. The Morgan fingerprint density at radius 3 is 2.76 bits per heavy atom. The molecule has 2 heterocycles. The van der Waals surface area contributed by atoms with E-state index < -0.39 is 0 Å². The molecule has 1 atom stereocenters. The highest BCUT2D eigenvalue weighted by Crippen LogP contribution is 2.28. The molecule has 152 valence electrons. The number of fused-ring (bicyclic) bond motifs is 1. The van der Waals surface area contributed by atoms with Gasteiger partial charge in [-0.3, -0.25) is 10.4 Å². The van der Waals surface area contributed by atoms with Gasteiger partial charge in [-0.15, -0.1) is 0 Å². The van der Waals surface area contributed by atoms with E-state index in [1.54, 1.807) is 7.11 Å². The minimum Gasteiger partial charge on any atom is -0.497 e. The fraction of sp³-hybridized carbons (Fsp3) is 0.364. The Balaban J connectivity index is 1.38. The molecule has 7 nitrogen and oxygen atoms in total. The van der Waals surface area contributed by atoms with Crippen molar-refractivity contribution in [3.8, 4) is 16.9 Å². The molecule has 2 amide bonds. The fourth-order valence-electron chi connectivity index (χ4n) is 3.93. The molecule has 29 heavy (non-hydrogen) atoms. The van der Waals surface area contributed by atoms with Gasteiger partial charge >= 0.3 is 6.03 Å². The first-order valence-electron chi connectivity index (χ1n) is 10.0. The molecule has 1 aromatic heterocycles. The molecule has 4 rings (SSSR count). The number of likely N-dealkylation sites (tertiary alicyclic amines) is 1. The summed E-state index contributed by atoms with van der Waals surface area (Å²) in [7, 11) is 3.80. The van der Waals surface area contributed by atoms with Gasteiger partial charge in [-0.25, -0.2) is 4.79 Å². The van der Waals surface area contributed by atoms with Gasteiger partial charge in [0.2, 0.25) is 0 Å². The first-order chi connectivity index (χ1) is 14.1. The first kappa shape index (κ1) is 19.3. The van der Waals surface area contributed by atoms with Crippen LogP contribution in [0.2, 0.25) is 0 Å². The lowest BCUT2D eigenvalue weighted by atomic mass is 10.0. The fourth-order valence-corrected chi connectivity index (χ4v) is 3.93. The molecule has 0 bridgehead atoms. The van der Waals surface area contributed by atoms with E-state index in [-0.39, 0.29) is 6.03 Å². The van der Waals surface area contributed by atoms with E-state index in [1.807, 2.05) is 42.5 Å². The molecule has 2 aromatic carbocycles. The van der Waals surface area contributed by atoms with Crippen molar-refractivity contribution in [2.75, 3.05) is 32.6 Å². The first-order valence-corrected chi connectivity index (χ1v) is 10.0. The van der Waals surface area contributed by atoms with Gasteiger partial charge in [0.25, 0.3) is 0 Å². The van der Waals surface area contributed by atoms with Gasteiger partial charge in [-0.1, -0.05) is 18.2 Å². The minimum absolute atomic E-state index is 0.224. The third-order valence-corrected chi connectivity index (χ3v) is 5.65. The van der Waals surface area contributed by atoms with Crippen LogP contribution < -0.4 is 15.4 Å². The normalized spacial score (nSPS) is 16.8. The maximum Gasteiger partial charge on any atom is 0.320 e. The van der Waals surface area contributed by atoms with E-state index in [4.69, 9.17) is 4.74 Å². The average Bonchev–Trinajstić information content (AvgIpc) is 3.34. The number of nitrogens with zero attached hydrogens (tertiary/aromatic N) is 2. The van der Waals surface area contributed by atoms with Crippen LogP contribution in [0.5, 0.6) is 5.75 Å². The van der Waals surface area contributed by atoms with Crippen molar-refractivity contribution in [2.24, 2.45) is 0 Å². The third kappa shape index (κ3) is 4.35. The lowest BCUT2D eigenvalue weighted by Crippen LogP contribution is -2.34. The van der Waals surface area contributed by atoms with Crippen LogP contribution in [0, 0.1) is 0 Å². The average molecular weight is 393 g/mol. The second-order valence-electron chi connectivity index (χ2n) is 7.51. The van der Waals surface area contributed by atoms with Gasteiger partial charge in [-0.05, 0) is 68.2 Å². The Hall–Kier alpha value is -3.06. The molecular formula is C22H27N5O2. The number of hydrogen-bond acceptors (Lipinski definition) is 4. The summed E-state index contributed by atoms with van der Waals surface area (Å²) in [5, 5.41) is 14.0. The molecule has 3 N–H and O–H groups in total. The molecule has 0 spiro atoms. The van der Waals surface area contributed by atoms with Gasteiger partial charge in [0.15, 0.2) is 5.82 Å². The number of carbonyl (C=O) groups is 1. The lowest BCUT2D eigenvalue weighted by molar-refractivity contribution is 0.248. The quantitative estimate of drug-likeness (QED) is 0.594. The van der Waals surface area contributed by atoms with E-state index >= 15 is 0 Å². The van der Waals surface area contributed by atoms with Crippen molar-refractivity contribution in [2.45, 2.75) is 25.3 Å². The zero-order valence-corrected chi connectivity index (χ0v) is 16.9. The van der Waals surface area contributed by atoms with Crippen molar-refractivity contribution in [1.29, 1.82) is 0 Å². The number of aromatic amines is 1. The van der Waals surface area contributed by atoms with Crippen LogP contribution in [0.4, 0.5) is 10.6 Å². The molecule has 1 aliphatic heterocycles. The highest BCUT2D eigenvalue weighted by Gasteiger charge is 2.20. The highest BCUT2D eigenvalue weighted by atomic mass is 16.5. The van der Waals surface area contributed by atoms with Crippen molar-refractivity contribution in [3.63, 3.8) is 0 Å². The number of aromatic nitrogens is 2. The molecule has 0 saturated carbocycles. The molecule has 1 unspecified atom stereocenters. The number of anilines is 1. The maximum atomic E-state index is 12.3. The van der Waals surface area contributed by atoms with Gasteiger partial charge in [0, 0.05) is 18.0 Å². The predicted octanol–water partition coefficient (Wildman–Crippen LogP) is 3.84. The zero-order chi connectivity index (χ0) is 20.2. The Morgan fingerprint density at radius 2 is 2.03 bits per heavy atom. The number of hydrogen-bond donors (Lipinski definition) is 3. The number of nitrogens with one attached hydrogen (secondary N) is 3. The van der Waals surface area contributed by atoms with Crippen LogP contribution in [0.15, 0.2) is 42.5 Å². The summed E-state index contributed by atoms with van der Waals surface area (Å²) < 4.78 is 5.21. The second-order valence-corrected chi connectivity index (χ2v) is 7.51. The van der Waals surface area contributed by atoms with Gasteiger partial charge in [0.05, 0.1) is 12.6 Å². The Bertz CT molecular complexity index is 983. The number of amides is 2. The van der Waals surface area contributed by atoms with Crippen LogP contribution in [0.3, 0.4) is 0 Å². The van der Waals surface area contributed by atoms with Gasteiger partial charge in [-0.2, -0.15) is 5.10 Å². The number of urea groups is 1. The lowest BCUT2D eigenvalue weighted by Gasteiger charge is -2.19. The summed E-state index contributed by atoms with van der Waals surface area (Å²) >= 11 is 0. The molecule has 3 aromatic rings. The summed E-state index contributed by atoms with van der Waals surface area (Å²) in [6, 6.07) is 14.3. The molecular weight excluding hydrogens is 366 g/mol. The summed E-state index contributed by atoms with van der Waals surface area (Å²) in [5.74, 6) is 1.37. The molecule has 1 aliphatic rings. The van der Waals surface area contributed by atoms with Gasteiger partial charge in [0.1, 0.15) is 5.75 Å². The Kier molecular flexibility index (Phi) is 5.67.